The van der Waals surface area contributed by atoms with Crippen LogP contribution in [0.15, 0.2) is 17.5 Å². The van der Waals surface area contributed by atoms with Crippen molar-refractivity contribution >= 4 is 11.3 Å². The van der Waals surface area contributed by atoms with Gasteiger partial charge in [-0.15, -0.1) is 11.3 Å². The maximum Gasteiger partial charge on any atom is 0.0628 e. The molecule has 4 nitrogen and oxygen atoms in total. The monoisotopic (exact) mass is 278 g/mol. The van der Waals surface area contributed by atoms with Crippen LogP contribution in [0, 0.1) is 13.8 Å². The zero-order valence-electron chi connectivity index (χ0n) is 11.8. The van der Waals surface area contributed by atoms with Crippen molar-refractivity contribution in [3.8, 4) is 0 Å². The fourth-order valence-corrected chi connectivity index (χ4v) is 3.20. The van der Waals surface area contributed by atoms with E-state index in [4.69, 9.17) is 5.84 Å². The second-order valence-electron chi connectivity index (χ2n) is 4.96. The molecule has 0 aliphatic heterocycles. The summed E-state index contributed by atoms with van der Waals surface area (Å²) in [5, 5.41) is 6.57. The molecular weight excluding hydrogens is 256 g/mol. The lowest BCUT2D eigenvalue weighted by molar-refractivity contribution is 0.493. The Hall–Kier alpha value is -1.17. The first-order valence-electron chi connectivity index (χ1n) is 6.59. The van der Waals surface area contributed by atoms with Gasteiger partial charge >= 0.3 is 0 Å². The molecule has 0 aliphatic rings. The Morgan fingerprint density at radius 2 is 2.26 bits per heavy atom. The maximum absolute atomic E-state index is 5.67. The number of nitrogens with zero attached hydrogens (tertiary/aromatic N) is 2. The Kier molecular flexibility index (Phi) is 4.74. The molecule has 0 aliphatic carbocycles. The van der Waals surface area contributed by atoms with Gasteiger partial charge < -0.3 is 0 Å². The normalized spacial score (nSPS) is 12.8. The summed E-state index contributed by atoms with van der Waals surface area (Å²) < 4.78 is 1.95. The topological polar surface area (TPSA) is 55.9 Å². The smallest absolute Gasteiger partial charge is 0.0628 e. The van der Waals surface area contributed by atoms with Gasteiger partial charge in [0, 0.05) is 23.7 Å². The molecule has 5 heteroatoms. The maximum atomic E-state index is 5.67. The van der Waals surface area contributed by atoms with E-state index in [0.717, 1.165) is 25.0 Å². The van der Waals surface area contributed by atoms with Gasteiger partial charge in [0.25, 0.3) is 0 Å². The molecule has 0 aromatic carbocycles. The number of rotatable bonds is 6. The first-order chi connectivity index (χ1) is 9.11. The van der Waals surface area contributed by atoms with Crippen molar-refractivity contribution in [1.82, 2.24) is 15.2 Å². The fraction of sp³-hybridized carbons (Fsp3) is 0.500. The van der Waals surface area contributed by atoms with E-state index in [9.17, 15) is 0 Å². The number of aryl methyl sites for hydroxylation is 2. The zero-order chi connectivity index (χ0) is 13.8. The van der Waals surface area contributed by atoms with Crippen LogP contribution in [0.1, 0.15) is 28.2 Å². The van der Waals surface area contributed by atoms with Crippen molar-refractivity contribution in [2.45, 2.75) is 39.2 Å². The molecule has 0 amide bonds. The minimum Gasteiger partial charge on any atom is -0.272 e. The Morgan fingerprint density at radius 1 is 1.47 bits per heavy atom. The second kappa shape index (κ2) is 6.32. The lowest BCUT2D eigenvalue weighted by atomic mass is 10.0. The summed E-state index contributed by atoms with van der Waals surface area (Å²) >= 11 is 1.79. The van der Waals surface area contributed by atoms with Crippen LogP contribution in [0.25, 0.3) is 0 Å². The van der Waals surface area contributed by atoms with Crippen LogP contribution in [0.2, 0.25) is 0 Å². The molecule has 0 spiro atoms. The lowest BCUT2D eigenvalue weighted by Gasteiger charge is -2.15. The molecular formula is C14H22N4S. The summed E-state index contributed by atoms with van der Waals surface area (Å²) in [4.78, 5) is 1.38. The average molecular weight is 278 g/mol. The molecule has 2 aromatic heterocycles. The van der Waals surface area contributed by atoms with Gasteiger partial charge in [-0.3, -0.25) is 16.0 Å². The van der Waals surface area contributed by atoms with Crippen LogP contribution in [0.5, 0.6) is 0 Å². The largest absolute Gasteiger partial charge is 0.272 e. The van der Waals surface area contributed by atoms with Gasteiger partial charge in [0.1, 0.15) is 0 Å². The summed E-state index contributed by atoms with van der Waals surface area (Å²) in [6.45, 7) is 4.20. The van der Waals surface area contributed by atoms with Gasteiger partial charge in [-0.2, -0.15) is 5.10 Å². The molecule has 2 heterocycles. The summed E-state index contributed by atoms with van der Waals surface area (Å²) in [5.74, 6) is 5.67. The predicted octanol–water partition coefficient (Wildman–Crippen LogP) is 2.11. The Morgan fingerprint density at radius 3 is 2.79 bits per heavy atom. The predicted molar refractivity (Wildman–Crippen MR) is 80.1 cm³/mol. The number of thiophene rings is 1. The SMILES string of the molecule is Cc1nn(C)c(C)c1CCC(Cc1cccs1)NN. The molecule has 0 saturated heterocycles. The van der Waals surface area contributed by atoms with Crippen LogP contribution in [0.3, 0.4) is 0 Å². The van der Waals surface area contributed by atoms with Crippen LogP contribution in [0.4, 0.5) is 0 Å². The van der Waals surface area contributed by atoms with Crippen molar-refractivity contribution in [1.29, 1.82) is 0 Å². The van der Waals surface area contributed by atoms with Gasteiger partial charge in [-0.05, 0) is 50.1 Å². The minimum absolute atomic E-state index is 0.317. The first kappa shape index (κ1) is 14.2. The quantitative estimate of drug-likeness (QED) is 0.628. The number of hydrogen-bond acceptors (Lipinski definition) is 4. The molecule has 104 valence electrons. The van der Waals surface area contributed by atoms with E-state index < -0.39 is 0 Å². The summed E-state index contributed by atoms with van der Waals surface area (Å²) in [6, 6.07) is 4.57. The van der Waals surface area contributed by atoms with Gasteiger partial charge in [0.2, 0.25) is 0 Å². The highest BCUT2D eigenvalue weighted by Gasteiger charge is 2.13. The highest BCUT2D eigenvalue weighted by Crippen LogP contribution is 2.17. The third kappa shape index (κ3) is 3.43. The third-order valence-corrected chi connectivity index (χ3v) is 4.56. The van der Waals surface area contributed by atoms with Crippen LogP contribution in [-0.2, 0) is 19.9 Å². The van der Waals surface area contributed by atoms with E-state index in [1.54, 1.807) is 11.3 Å². The summed E-state index contributed by atoms with van der Waals surface area (Å²) in [7, 11) is 2.00. The van der Waals surface area contributed by atoms with Crippen molar-refractivity contribution in [3.05, 3.63) is 39.3 Å². The number of aromatic nitrogens is 2. The molecule has 1 atom stereocenters. The van der Waals surface area contributed by atoms with Gasteiger partial charge in [0.15, 0.2) is 0 Å². The van der Waals surface area contributed by atoms with Crippen molar-refractivity contribution < 1.29 is 0 Å². The fourth-order valence-electron chi connectivity index (χ4n) is 2.41. The van der Waals surface area contributed by atoms with Crippen molar-refractivity contribution in [2.24, 2.45) is 12.9 Å². The third-order valence-electron chi connectivity index (χ3n) is 3.67. The molecule has 2 aromatic rings. The van der Waals surface area contributed by atoms with Crippen LogP contribution >= 0.6 is 11.3 Å². The first-order valence-corrected chi connectivity index (χ1v) is 7.47. The van der Waals surface area contributed by atoms with Gasteiger partial charge in [-0.1, -0.05) is 6.07 Å². The van der Waals surface area contributed by atoms with E-state index in [0.29, 0.717) is 6.04 Å². The van der Waals surface area contributed by atoms with E-state index in [1.165, 1.54) is 16.1 Å². The van der Waals surface area contributed by atoms with Gasteiger partial charge in [0.05, 0.1) is 5.69 Å². The second-order valence-corrected chi connectivity index (χ2v) is 5.99. The average Bonchev–Trinajstić information content (AvgIpc) is 2.97. The highest BCUT2D eigenvalue weighted by molar-refractivity contribution is 7.09. The molecule has 0 fully saturated rings. The Balaban J connectivity index is 1.96. The summed E-state index contributed by atoms with van der Waals surface area (Å²) in [6.07, 6.45) is 3.04. The standard InChI is InChI=1S/C14H22N4S/c1-10-14(11(2)18(3)17-10)7-6-12(16-15)9-13-5-4-8-19-13/h4-5,8,12,16H,6-7,9,15H2,1-3H3. The zero-order valence-corrected chi connectivity index (χ0v) is 12.6. The minimum atomic E-state index is 0.317. The van der Waals surface area contributed by atoms with Crippen molar-refractivity contribution in [3.63, 3.8) is 0 Å². The van der Waals surface area contributed by atoms with Crippen molar-refractivity contribution in [2.75, 3.05) is 0 Å². The van der Waals surface area contributed by atoms with E-state index in [1.807, 2.05) is 11.7 Å². The van der Waals surface area contributed by atoms with Gasteiger partial charge in [-0.25, -0.2) is 0 Å². The molecule has 0 radical (unpaired) electrons. The summed E-state index contributed by atoms with van der Waals surface area (Å²) in [5.41, 5.74) is 6.68. The molecule has 0 bridgehead atoms. The number of hydrazine groups is 1. The molecule has 1 unspecified atom stereocenters. The van der Waals surface area contributed by atoms with E-state index in [2.05, 4.69) is 41.9 Å². The number of nitrogens with one attached hydrogen (secondary N) is 1. The number of hydrogen-bond donors (Lipinski definition) is 2. The number of nitrogens with two attached hydrogens (primary N) is 1. The van der Waals surface area contributed by atoms with E-state index in [-0.39, 0.29) is 0 Å². The lowest BCUT2D eigenvalue weighted by Crippen LogP contribution is -2.37. The van der Waals surface area contributed by atoms with Crippen LogP contribution in [-0.4, -0.2) is 15.8 Å². The molecule has 0 saturated carbocycles. The molecule has 2 rings (SSSR count). The molecule has 19 heavy (non-hydrogen) atoms. The molecule has 3 N–H and O–H groups in total. The Labute approximate surface area is 118 Å². The Bertz CT molecular complexity index is 516. The van der Waals surface area contributed by atoms with E-state index >= 15 is 0 Å². The van der Waals surface area contributed by atoms with Crippen LogP contribution < -0.4 is 11.3 Å². The highest BCUT2D eigenvalue weighted by atomic mass is 32.1.